The van der Waals surface area contributed by atoms with Crippen molar-refractivity contribution < 1.29 is 33.4 Å². The van der Waals surface area contributed by atoms with Gasteiger partial charge in [0.25, 0.3) is 5.91 Å². The Morgan fingerprint density at radius 3 is 2.13 bits per heavy atom. The van der Waals surface area contributed by atoms with E-state index in [2.05, 4.69) is 14.8 Å². The van der Waals surface area contributed by atoms with Crippen LogP contribution in [0.15, 0.2) is 48.5 Å². The maximum absolute atomic E-state index is 12.1. The molecular formula is C22H21NO7. The number of methoxy groups -OCH3 is 2. The summed E-state index contributed by atoms with van der Waals surface area (Å²) in [7, 11) is 2.38. The molecule has 0 atom stereocenters. The number of esters is 3. The largest absolute Gasteiger partial charge is 0.465 e. The highest BCUT2D eigenvalue weighted by molar-refractivity contribution is 6.00. The first-order valence-electron chi connectivity index (χ1n) is 8.85. The van der Waals surface area contributed by atoms with Gasteiger partial charge in [-0.25, -0.2) is 14.4 Å². The predicted molar refractivity (Wildman–Crippen MR) is 109 cm³/mol. The first kappa shape index (κ1) is 22.4. The van der Waals surface area contributed by atoms with Crippen molar-refractivity contribution in [2.24, 2.45) is 0 Å². The Morgan fingerprint density at radius 1 is 0.933 bits per heavy atom. The van der Waals surface area contributed by atoms with E-state index in [9.17, 15) is 19.2 Å². The van der Waals surface area contributed by atoms with Gasteiger partial charge in [0.2, 0.25) is 0 Å². The van der Waals surface area contributed by atoms with Crippen LogP contribution in [-0.4, -0.2) is 44.6 Å². The van der Waals surface area contributed by atoms with E-state index < -0.39 is 30.4 Å². The standard InChI is InChI=1S/C22H21NO7/c1-14-5-4-6-15(9-14)7-8-20(25)30-13-19(24)23-18-11-16(21(26)28-2)10-17(12-18)22(27)29-3/h4-12H,13H2,1-3H3,(H,23,24)/b8-7+. The van der Waals surface area contributed by atoms with Crippen LogP contribution in [0.5, 0.6) is 0 Å². The van der Waals surface area contributed by atoms with Gasteiger partial charge in [-0.1, -0.05) is 29.8 Å². The zero-order chi connectivity index (χ0) is 22.1. The van der Waals surface area contributed by atoms with Gasteiger partial charge in [-0.2, -0.15) is 0 Å². The first-order chi connectivity index (χ1) is 14.3. The van der Waals surface area contributed by atoms with E-state index >= 15 is 0 Å². The molecule has 2 aromatic rings. The van der Waals surface area contributed by atoms with E-state index in [0.717, 1.165) is 11.1 Å². The summed E-state index contributed by atoms with van der Waals surface area (Å²) in [5, 5.41) is 2.46. The molecule has 0 saturated carbocycles. The molecule has 1 amide bonds. The number of anilines is 1. The van der Waals surface area contributed by atoms with E-state index in [1.807, 2.05) is 31.2 Å². The van der Waals surface area contributed by atoms with Crippen LogP contribution in [0.1, 0.15) is 31.8 Å². The van der Waals surface area contributed by atoms with Crippen LogP contribution in [0, 0.1) is 6.92 Å². The van der Waals surface area contributed by atoms with Crippen LogP contribution in [0.3, 0.4) is 0 Å². The molecule has 1 N–H and O–H groups in total. The van der Waals surface area contributed by atoms with Gasteiger partial charge in [-0.05, 0) is 36.8 Å². The van der Waals surface area contributed by atoms with Gasteiger partial charge in [-0.15, -0.1) is 0 Å². The molecule has 0 saturated heterocycles. The molecule has 8 heteroatoms. The molecule has 156 valence electrons. The van der Waals surface area contributed by atoms with Gasteiger partial charge in [-0.3, -0.25) is 4.79 Å². The highest BCUT2D eigenvalue weighted by atomic mass is 16.5. The van der Waals surface area contributed by atoms with Crippen molar-refractivity contribution >= 4 is 35.6 Å². The van der Waals surface area contributed by atoms with Crippen molar-refractivity contribution in [1.82, 2.24) is 0 Å². The maximum atomic E-state index is 12.1. The normalized spacial score (nSPS) is 10.4. The Morgan fingerprint density at radius 2 is 1.57 bits per heavy atom. The Hall–Kier alpha value is -3.94. The average molecular weight is 411 g/mol. The monoisotopic (exact) mass is 411 g/mol. The number of nitrogens with one attached hydrogen (secondary N) is 1. The molecule has 0 fully saturated rings. The quantitative estimate of drug-likeness (QED) is 0.424. The number of rotatable bonds is 7. The van der Waals surface area contributed by atoms with Crippen LogP contribution < -0.4 is 5.32 Å². The van der Waals surface area contributed by atoms with Gasteiger partial charge < -0.3 is 19.5 Å². The third kappa shape index (κ3) is 6.59. The summed E-state index contributed by atoms with van der Waals surface area (Å²) in [6, 6.07) is 11.5. The number of amides is 1. The Bertz CT molecular complexity index is 960. The number of benzene rings is 2. The molecule has 0 spiro atoms. The third-order valence-electron chi connectivity index (χ3n) is 3.86. The minimum absolute atomic E-state index is 0.0498. The van der Waals surface area contributed by atoms with Gasteiger partial charge >= 0.3 is 17.9 Å². The number of hydrogen-bond donors (Lipinski definition) is 1. The fourth-order valence-corrected chi connectivity index (χ4v) is 2.49. The summed E-state index contributed by atoms with van der Waals surface area (Å²) in [5.41, 5.74) is 2.12. The molecule has 0 unspecified atom stereocenters. The fraction of sp³-hybridized carbons (Fsp3) is 0.182. The lowest BCUT2D eigenvalue weighted by Crippen LogP contribution is -2.20. The van der Waals surface area contributed by atoms with Crippen molar-refractivity contribution in [3.8, 4) is 0 Å². The lowest BCUT2D eigenvalue weighted by atomic mass is 10.1. The molecule has 0 aliphatic rings. The fourth-order valence-electron chi connectivity index (χ4n) is 2.49. The second-order valence-corrected chi connectivity index (χ2v) is 6.19. The van der Waals surface area contributed by atoms with Crippen LogP contribution in [0.4, 0.5) is 5.69 Å². The van der Waals surface area contributed by atoms with Gasteiger partial charge in [0.1, 0.15) is 0 Å². The van der Waals surface area contributed by atoms with Gasteiger partial charge in [0.15, 0.2) is 6.61 Å². The number of ether oxygens (including phenoxy) is 3. The van der Waals surface area contributed by atoms with E-state index in [1.54, 1.807) is 6.08 Å². The molecule has 30 heavy (non-hydrogen) atoms. The molecule has 0 heterocycles. The van der Waals surface area contributed by atoms with Crippen LogP contribution in [0.25, 0.3) is 6.08 Å². The highest BCUT2D eigenvalue weighted by Gasteiger charge is 2.15. The first-order valence-corrected chi connectivity index (χ1v) is 8.85. The third-order valence-corrected chi connectivity index (χ3v) is 3.86. The summed E-state index contributed by atoms with van der Waals surface area (Å²) in [6.07, 6.45) is 2.80. The maximum Gasteiger partial charge on any atom is 0.337 e. The van der Waals surface area contributed by atoms with Crippen LogP contribution in [-0.2, 0) is 23.8 Å². The molecule has 0 radical (unpaired) electrons. The topological polar surface area (TPSA) is 108 Å². The zero-order valence-corrected chi connectivity index (χ0v) is 16.8. The second kappa shape index (κ2) is 10.6. The number of carbonyl (C=O) groups excluding carboxylic acids is 4. The SMILES string of the molecule is COC(=O)c1cc(NC(=O)COC(=O)/C=C/c2cccc(C)c2)cc(C(=O)OC)c1. The lowest BCUT2D eigenvalue weighted by molar-refractivity contribution is -0.142. The number of hydrogen-bond acceptors (Lipinski definition) is 7. The van der Waals surface area contributed by atoms with Crippen molar-refractivity contribution in [2.45, 2.75) is 6.92 Å². The number of aryl methyl sites for hydroxylation is 1. The van der Waals surface area contributed by atoms with Crippen LogP contribution in [0.2, 0.25) is 0 Å². The van der Waals surface area contributed by atoms with Crippen LogP contribution >= 0.6 is 0 Å². The molecular weight excluding hydrogens is 390 g/mol. The second-order valence-electron chi connectivity index (χ2n) is 6.19. The summed E-state index contributed by atoms with van der Waals surface area (Å²) < 4.78 is 14.2. The molecule has 0 aliphatic carbocycles. The van der Waals surface area contributed by atoms with E-state index in [4.69, 9.17) is 4.74 Å². The summed E-state index contributed by atoms with van der Waals surface area (Å²) >= 11 is 0. The zero-order valence-electron chi connectivity index (χ0n) is 16.8. The van der Waals surface area contributed by atoms with Crippen molar-refractivity contribution in [2.75, 3.05) is 26.1 Å². The van der Waals surface area contributed by atoms with Crippen molar-refractivity contribution in [1.29, 1.82) is 0 Å². The summed E-state index contributed by atoms with van der Waals surface area (Å²) in [5.74, 6) is -2.72. The summed E-state index contributed by atoms with van der Waals surface area (Å²) in [4.78, 5) is 47.5. The Kier molecular flexibility index (Phi) is 7.87. The van der Waals surface area contributed by atoms with Crippen molar-refractivity contribution in [3.05, 3.63) is 70.8 Å². The molecule has 8 nitrogen and oxygen atoms in total. The molecule has 2 rings (SSSR count). The lowest BCUT2D eigenvalue weighted by Gasteiger charge is -2.09. The predicted octanol–water partition coefficient (Wildman–Crippen LogP) is 2.76. The van der Waals surface area contributed by atoms with Gasteiger partial charge in [0, 0.05) is 11.8 Å². The Balaban J connectivity index is 2.00. The minimum Gasteiger partial charge on any atom is -0.465 e. The molecule has 0 aromatic heterocycles. The number of carbonyl (C=O) groups is 4. The minimum atomic E-state index is -0.691. The molecule has 0 aliphatic heterocycles. The molecule has 0 bridgehead atoms. The van der Waals surface area contributed by atoms with Crippen molar-refractivity contribution in [3.63, 3.8) is 0 Å². The van der Waals surface area contributed by atoms with Gasteiger partial charge in [0.05, 0.1) is 25.3 Å². The highest BCUT2D eigenvalue weighted by Crippen LogP contribution is 2.17. The molecule has 2 aromatic carbocycles. The average Bonchev–Trinajstić information content (AvgIpc) is 2.74. The summed E-state index contributed by atoms with van der Waals surface area (Å²) in [6.45, 7) is 1.38. The Labute approximate surface area is 173 Å². The smallest absolute Gasteiger partial charge is 0.337 e. The van der Waals surface area contributed by atoms with E-state index in [0.29, 0.717) is 0 Å². The van der Waals surface area contributed by atoms with E-state index in [1.165, 1.54) is 38.5 Å². The van der Waals surface area contributed by atoms with E-state index in [-0.39, 0.29) is 16.8 Å².